The van der Waals surface area contributed by atoms with E-state index in [2.05, 4.69) is 21.2 Å². The Morgan fingerprint density at radius 3 is 2.58 bits per heavy atom. The van der Waals surface area contributed by atoms with Gasteiger partial charge in [-0.1, -0.05) is 39.7 Å². The average molecular weight is 412 g/mol. The van der Waals surface area contributed by atoms with E-state index in [-0.39, 0.29) is 17.3 Å². The van der Waals surface area contributed by atoms with Crippen molar-refractivity contribution in [2.75, 3.05) is 12.3 Å². The highest BCUT2D eigenvalue weighted by Gasteiger charge is 2.15. The Labute approximate surface area is 153 Å². The minimum Gasteiger partial charge on any atom is -0.452 e. The molecule has 24 heavy (non-hydrogen) atoms. The number of hydrogen-bond donors (Lipinski definition) is 2. The summed E-state index contributed by atoms with van der Waals surface area (Å²) < 4.78 is 5.94. The summed E-state index contributed by atoms with van der Waals surface area (Å²) in [4.78, 5) is 23.9. The lowest BCUT2D eigenvalue weighted by Gasteiger charge is -2.14. The number of hydrogen-bond acceptors (Lipinski definition) is 4. The van der Waals surface area contributed by atoms with Crippen molar-refractivity contribution in [2.24, 2.45) is 0 Å². The van der Waals surface area contributed by atoms with Crippen LogP contribution in [0.3, 0.4) is 0 Å². The van der Waals surface area contributed by atoms with Crippen molar-refractivity contribution in [1.82, 2.24) is 5.32 Å². The molecule has 2 aromatic rings. The highest BCUT2D eigenvalue weighted by Crippen LogP contribution is 2.19. The third-order valence-electron chi connectivity index (χ3n) is 3.32. The fourth-order valence-corrected chi connectivity index (χ4v) is 2.47. The molecule has 0 aliphatic carbocycles. The third-order valence-corrected chi connectivity index (χ3v) is 4.08. The van der Waals surface area contributed by atoms with Crippen LogP contribution in [-0.2, 0) is 9.53 Å². The van der Waals surface area contributed by atoms with Crippen LogP contribution in [0.5, 0.6) is 0 Å². The highest BCUT2D eigenvalue weighted by atomic mass is 79.9. The number of ether oxygens (including phenoxy) is 1. The molecule has 0 radical (unpaired) electrons. The molecule has 0 bridgehead atoms. The molecule has 0 fully saturated rings. The second-order valence-electron chi connectivity index (χ2n) is 5.15. The summed E-state index contributed by atoms with van der Waals surface area (Å²) >= 11 is 9.18. The number of rotatable bonds is 5. The number of anilines is 1. The monoisotopic (exact) mass is 410 g/mol. The molecular formula is C17H16BrClN2O3. The maximum atomic E-state index is 12.0. The SMILES string of the molecule is C[C@H](NC(=O)COC(=O)c1cc(Cl)ccc1N)c1ccc(Br)cc1. The largest absolute Gasteiger partial charge is 0.452 e. The van der Waals surface area contributed by atoms with Crippen molar-refractivity contribution in [1.29, 1.82) is 0 Å². The van der Waals surface area contributed by atoms with Crippen molar-refractivity contribution in [3.63, 3.8) is 0 Å². The Kier molecular flexibility index (Phi) is 6.23. The van der Waals surface area contributed by atoms with E-state index in [1.807, 2.05) is 31.2 Å². The van der Waals surface area contributed by atoms with E-state index < -0.39 is 18.5 Å². The van der Waals surface area contributed by atoms with E-state index in [0.717, 1.165) is 10.0 Å². The molecule has 1 amide bonds. The number of nitrogens with two attached hydrogens (primary N) is 1. The fourth-order valence-electron chi connectivity index (χ4n) is 2.03. The molecule has 2 rings (SSSR count). The van der Waals surface area contributed by atoms with Gasteiger partial charge in [0.15, 0.2) is 6.61 Å². The van der Waals surface area contributed by atoms with Crippen LogP contribution in [0.2, 0.25) is 5.02 Å². The molecule has 0 unspecified atom stereocenters. The third kappa shape index (κ3) is 4.97. The summed E-state index contributed by atoms with van der Waals surface area (Å²) in [6.45, 7) is 1.45. The lowest BCUT2D eigenvalue weighted by Crippen LogP contribution is -2.31. The first kappa shape index (κ1) is 18.3. The fraction of sp³-hybridized carbons (Fsp3) is 0.176. The van der Waals surface area contributed by atoms with Crippen LogP contribution in [0, 0.1) is 0 Å². The maximum Gasteiger partial charge on any atom is 0.340 e. The van der Waals surface area contributed by atoms with Crippen LogP contribution in [0.1, 0.15) is 28.9 Å². The van der Waals surface area contributed by atoms with Crippen molar-refractivity contribution >= 4 is 45.1 Å². The first-order valence-electron chi connectivity index (χ1n) is 7.14. The van der Waals surface area contributed by atoms with Crippen LogP contribution in [0.15, 0.2) is 46.9 Å². The van der Waals surface area contributed by atoms with Gasteiger partial charge in [-0.2, -0.15) is 0 Å². The zero-order valence-corrected chi connectivity index (χ0v) is 15.2. The molecule has 1 atom stereocenters. The van der Waals surface area contributed by atoms with Gasteiger partial charge >= 0.3 is 5.97 Å². The summed E-state index contributed by atoms with van der Waals surface area (Å²) in [5.74, 6) is -1.10. The minimum absolute atomic E-state index is 0.135. The average Bonchev–Trinajstić information content (AvgIpc) is 2.55. The number of nitrogens with one attached hydrogen (secondary N) is 1. The normalized spacial score (nSPS) is 11.6. The molecule has 7 heteroatoms. The van der Waals surface area contributed by atoms with Gasteiger partial charge in [-0.05, 0) is 42.8 Å². The lowest BCUT2D eigenvalue weighted by atomic mass is 10.1. The standard InChI is InChI=1S/C17H16BrClN2O3/c1-10(11-2-4-12(18)5-3-11)21-16(22)9-24-17(23)14-8-13(19)6-7-15(14)20/h2-8,10H,9,20H2,1H3,(H,21,22)/t10-/m0/s1. The molecule has 0 saturated heterocycles. The van der Waals surface area contributed by atoms with Crippen LogP contribution >= 0.6 is 27.5 Å². The van der Waals surface area contributed by atoms with Gasteiger partial charge < -0.3 is 15.8 Å². The summed E-state index contributed by atoms with van der Waals surface area (Å²) in [6.07, 6.45) is 0. The Bertz CT molecular complexity index is 750. The number of halogens is 2. The lowest BCUT2D eigenvalue weighted by molar-refractivity contribution is -0.124. The molecule has 0 aromatic heterocycles. The zero-order chi connectivity index (χ0) is 17.7. The van der Waals surface area contributed by atoms with Gasteiger partial charge in [0.05, 0.1) is 11.6 Å². The number of nitrogen functional groups attached to an aromatic ring is 1. The summed E-state index contributed by atoms with van der Waals surface area (Å²) in [5.41, 5.74) is 7.02. The van der Waals surface area contributed by atoms with E-state index in [1.54, 1.807) is 6.07 Å². The molecule has 0 aliphatic rings. The van der Waals surface area contributed by atoms with Crippen LogP contribution in [-0.4, -0.2) is 18.5 Å². The quantitative estimate of drug-likeness (QED) is 0.580. The molecule has 0 spiro atoms. The van der Waals surface area contributed by atoms with Crippen LogP contribution < -0.4 is 11.1 Å². The Morgan fingerprint density at radius 1 is 1.25 bits per heavy atom. The summed E-state index contributed by atoms with van der Waals surface area (Å²) in [5, 5.41) is 3.12. The molecule has 126 valence electrons. The zero-order valence-electron chi connectivity index (χ0n) is 12.9. The second-order valence-corrected chi connectivity index (χ2v) is 6.50. The smallest absolute Gasteiger partial charge is 0.340 e. The van der Waals surface area contributed by atoms with Crippen molar-refractivity contribution in [3.8, 4) is 0 Å². The Balaban J connectivity index is 1.89. The van der Waals surface area contributed by atoms with Gasteiger partial charge in [-0.25, -0.2) is 4.79 Å². The molecule has 5 nitrogen and oxygen atoms in total. The minimum atomic E-state index is -0.693. The van der Waals surface area contributed by atoms with Gasteiger partial charge in [0.1, 0.15) is 0 Å². The van der Waals surface area contributed by atoms with Crippen LogP contribution in [0.25, 0.3) is 0 Å². The number of amides is 1. The summed E-state index contributed by atoms with van der Waals surface area (Å²) in [7, 11) is 0. The van der Waals surface area contributed by atoms with Crippen molar-refractivity contribution in [2.45, 2.75) is 13.0 Å². The van der Waals surface area contributed by atoms with Gasteiger partial charge in [-0.3, -0.25) is 4.79 Å². The van der Waals surface area contributed by atoms with Gasteiger partial charge in [0.25, 0.3) is 5.91 Å². The van der Waals surface area contributed by atoms with E-state index in [9.17, 15) is 9.59 Å². The number of benzene rings is 2. The van der Waals surface area contributed by atoms with Gasteiger partial charge in [-0.15, -0.1) is 0 Å². The predicted octanol–water partition coefficient (Wildman–Crippen LogP) is 3.72. The van der Waals surface area contributed by atoms with Gasteiger partial charge in [0.2, 0.25) is 0 Å². The van der Waals surface area contributed by atoms with E-state index in [1.165, 1.54) is 12.1 Å². The van der Waals surface area contributed by atoms with Gasteiger partial charge in [0, 0.05) is 15.2 Å². The molecule has 0 aliphatic heterocycles. The van der Waals surface area contributed by atoms with E-state index in [0.29, 0.717) is 5.02 Å². The topological polar surface area (TPSA) is 81.4 Å². The maximum absolute atomic E-state index is 12.0. The van der Waals surface area contributed by atoms with E-state index in [4.69, 9.17) is 22.1 Å². The first-order valence-corrected chi connectivity index (χ1v) is 8.31. The number of carbonyl (C=O) groups excluding carboxylic acids is 2. The molecule has 0 heterocycles. The van der Waals surface area contributed by atoms with Crippen molar-refractivity contribution in [3.05, 3.63) is 63.1 Å². The molecule has 0 saturated carbocycles. The Hall–Kier alpha value is -2.05. The molecular weight excluding hydrogens is 396 g/mol. The molecule has 3 N–H and O–H groups in total. The molecule has 2 aromatic carbocycles. The number of carbonyl (C=O) groups is 2. The highest BCUT2D eigenvalue weighted by molar-refractivity contribution is 9.10. The number of esters is 1. The summed E-state index contributed by atoms with van der Waals surface area (Å²) in [6, 6.07) is 11.8. The first-order chi connectivity index (χ1) is 11.4. The van der Waals surface area contributed by atoms with Crippen molar-refractivity contribution < 1.29 is 14.3 Å². The van der Waals surface area contributed by atoms with E-state index >= 15 is 0 Å². The second kappa shape index (κ2) is 8.17. The van der Waals surface area contributed by atoms with Crippen LogP contribution in [0.4, 0.5) is 5.69 Å². The predicted molar refractivity (Wildman–Crippen MR) is 96.8 cm³/mol. The Morgan fingerprint density at radius 2 is 1.92 bits per heavy atom.